The Hall–Kier alpha value is -2.57. The van der Waals surface area contributed by atoms with Crippen molar-refractivity contribution in [3.05, 3.63) is 24.3 Å². The van der Waals surface area contributed by atoms with Gasteiger partial charge in [0.25, 0.3) is 0 Å². The lowest BCUT2D eigenvalue weighted by Crippen LogP contribution is -2.42. The monoisotopic (exact) mass is 370 g/mol. The van der Waals surface area contributed by atoms with Crippen LogP contribution in [-0.2, 0) is 9.59 Å². The zero-order chi connectivity index (χ0) is 18.8. The van der Waals surface area contributed by atoms with E-state index >= 15 is 0 Å². The summed E-state index contributed by atoms with van der Waals surface area (Å²) in [7, 11) is 0. The minimum absolute atomic E-state index is 0.000654. The molecule has 3 N–H and O–H groups in total. The summed E-state index contributed by atoms with van der Waals surface area (Å²) in [6, 6.07) is 7.25. The SMILES string of the molecule is O=C(Nc1ccc(NC(=O)C2CCN(C(=O)C3CC3)CC2)cc1)NC1CC1. The second-order valence-corrected chi connectivity index (χ2v) is 7.81. The van der Waals surface area contributed by atoms with E-state index in [9.17, 15) is 14.4 Å². The fourth-order valence-corrected chi connectivity index (χ4v) is 3.41. The number of piperidine rings is 1. The van der Waals surface area contributed by atoms with Crippen molar-refractivity contribution in [2.75, 3.05) is 23.7 Å². The molecule has 0 unspecified atom stereocenters. The van der Waals surface area contributed by atoms with Gasteiger partial charge in [-0.15, -0.1) is 0 Å². The average Bonchev–Trinajstić information content (AvgIpc) is 3.57. The van der Waals surface area contributed by atoms with Gasteiger partial charge in [0.1, 0.15) is 0 Å². The highest BCUT2D eigenvalue weighted by molar-refractivity contribution is 5.94. The molecule has 0 radical (unpaired) electrons. The minimum Gasteiger partial charge on any atom is -0.342 e. The Bertz CT molecular complexity index is 717. The van der Waals surface area contributed by atoms with Crippen LogP contribution in [0.2, 0.25) is 0 Å². The van der Waals surface area contributed by atoms with Crippen molar-refractivity contribution in [1.82, 2.24) is 10.2 Å². The molecule has 1 aliphatic heterocycles. The molecular formula is C20H26N4O3. The topological polar surface area (TPSA) is 90.5 Å². The molecule has 2 saturated carbocycles. The molecule has 7 heteroatoms. The zero-order valence-corrected chi connectivity index (χ0v) is 15.4. The van der Waals surface area contributed by atoms with Crippen LogP contribution in [0.25, 0.3) is 0 Å². The Balaban J connectivity index is 1.23. The lowest BCUT2D eigenvalue weighted by atomic mass is 9.95. The van der Waals surface area contributed by atoms with Crippen LogP contribution in [0.4, 0.5) is 16.2 Å². The van der Waals surface area contributed by atoms with Gasteiger partial charge in [0.2, 0.25) is 11.8 Å². The molecule has 1 aromatic rings. The maximum Gasteiger partial charge on any atom is 0.319 e. The Morgan fingerprint density at radius 3 is 1.93 bits per heavy atom. The van der Waals surface area contributed by atoms with Crippen LogP contribution in [0.15, 0.2) is 24.3 Å². The number of urea groups is 1. The van der Waals surface area contributed by atoms with E-state index in [1.165, 1.54) is 0 Å². The van der Waals surface area contributed by atoms with E-state index in [0.717, 1.165) is 25.7 Å². The molecule has 144 valence electrons. The molecule has 0 atom stereocenters. The summed E-state index contributed by atoms with van der Waals surface area (Å²) in [5, 5.41) is 8.60. The highest BCUT2D eigenvalue weighted by Gasteiger charge is 2.35. The largest absolute Gasteiger partial charge is 0.342 e. The van der Waals surface area contributed by atoms with Crippen molar-refractivity contribution in [2.45, 2.75) is 44.6 Å². The van der Waals surface area contributed by atoms with Gasteiger partial charge in [0.15, 0.2) is 0 Å². The Morgan fingerprint density at radius 1 is 0.778 bits per heavy atom. The number of nitrogens with zero attached hydrogens (tertiary/aromatic N) is 1. The lowest BCUT2D eigenvalue weighted by molar-refractivity contribution is -0.135. The third-order valence-corrected chi connectivity index (χ3v) is 5.43. The van der Waals surface area contributed by atoms with Crippen molar-refractivity contribution in [3.63, 3.8) is 0 Å². The molecule has 3 fully saturated rings. The van der Waals surface area contributed by atoms with Gasteiger partial charge in [0.05, 0.1) is 0 Å². The molecule has 2 aliphatic carbocycles. The van der Waals surface area contributed by atoms with Crippen LogP contribution in [0.5, 0.6) is 0 Å². The van der Waals surface area contributed by atoms with Gasteiger partial charge >= 0.3 is 6.03 Å². The number of anilines is 2. The van der Waals surface area contributed by atoms with Gasteiger partial charge < -0.3 is 20.9 Å². The predicted octanol–water partition coefficient (Wildman–Crippen LogP) is 2.56. The molecule has 0 spiro atoms. The van der Waals surface area contributed by atoms with E-state index in [4.69, 9.17) is 0 Å². The number of hydrogen-bond acceptors (Lipinski definition) is 3. The lowest BCUT2D eigenvalue weighted by Gasteiger charge is -2.31. The first-order valence-corrected chi connectivity index (χ1v) is 9.86. The Kier molecular flexibility index (Phi) is 5.01. The standard InChI is InChI=1S/C20H26N4O3/c25-18(13-9-11-24(12-10-13)19(26)14-1-2-14)21-15-3-5-16(6-4-15)22-20(27)23-17-7-8-17/h3-6,13-14,17H,1-2,7-12H2,(H,21,25)(H2,22,23,27). The first kappa shape index (κ1) is 17.8. The van der Waals surface area contributed by atoms with E-state index < -0.39 is 0 Å². The molecule has 4 amide bonds. The van der Waals surface area contributed by atoms with Crippen molar-refractivity contribution in [2.24, 2.45) is 11.8 Å². The molecule has 1 heterocycles. The third kappa shape index (κ3) is 4.78. The number of likely N-dealkylation sites (tertiary alicyclic amines) is 1. The van der Waals surface area contributed by atoms with Gasteiger partial charge in [-0.2, -0.15) is 0 Å². The fraction of sp³-hybridized carbons (Fsp3) is 0.550. The van der Waals surface area contributed by atoms with Crippen molar-refractivity contribution >= 4 is 29.2 Å². The fourth-order valence-electron chi connectivity index (χ4n) is 3.41. The zero-order valence-electron chi connectivity index (χ0n) is 15.4. The van der Waals surface area contributed by atoms with E-state index in [0.29, 0.717) is 43.3 Å². The summed E-state index contributed by atoms with van der Waals surface area (Å²) in [5.74, 6) is 0.451. The second kappa shape index (κ2) is 7.58. The van der Waals surface area contributed by atoms with Crippen LogP contribution in [0.1, 0.15) is 38.5 Å². The van der Waals surface area contributed by atoms with Crippen LogP contribution in [0, 0.1) is 11.8 Å². The predicted molar refractivity (Wildman–Crippen MR) is 102 cm³/mol. The highest BCUT2D eigenvalue weighted by Crippen LogP contribution is 2.32. The summed E-state index contributed by atoms with van der Waals surface area (Å²) >= 11 is 0. The van der Waals surface area contributed by atoms with Crippen molar-refractivity contribution in [1.29, 1.82) is 0 Å². The quantitative estimate of drug-likeness (QED) is 0.744. The molecule has 4 rings (SSSR count). The summed E-state index contributed by atoms with van der Waals surface area (Å²) < 4.78 is 0. The average molecular weight is 370 g/mol. The van der Waals surface area contributed by atoms with Crippen LogP contribution < -0.4 is 16.0 Å². The molecule has 1 saturated heterocycles. The molecule has 7 nitrogen and oxygen atoms in total. The second-order valence-electron chi connectivity index (χ2n) is 7.81. The normalized spacial score (nSPS) is 20.1. The molecule has 3 aliphatic rings. The van der Waals surface area contributed by atoms with Crippen LogP contribution in [0.3, 0.4) is 0 Å². The first-order chi connectivity index (χ1) is 13.1. The maximum atomic E-state index is 12.5. The van der Waals surface area contributed by atoms with Gasteiger partial charge in [0, 0.05) is 42.3 Å². The smallest absolute Gasteiger partial charge is 0.319 e. The number of carbonyl (C=O) groups excluding carboxylic acids is 3. The number of benzene rings is 1. The first-order valence-electron chi connectivity index (χ1n) is 9.86. The van der Waals surface area contributed by atoms with Gasteiger partial charge in [-0.25, -0.2) is 4.79 Å². The molecular weight excluding hydrogens is 344 g/mol. The highest BCUT2D eigenvalue weighted by atomic mass is 16.2. The van der Waals surface area contributed by atoms with Crippen molar-refractivity contribution < 1.29 is 14.4 Å². The van der Waals surface area contributed by atoms with Crippen LogP contribution in [-0.4, -0.2) is 41.9 Å². The van der Waals surface area contributed by atoms with Crippen LogP contribution >= 0.6 is 0 Å². The molecule has 27 heavy (non-hydrogen) atoms. The Morgan fingerprint density at radius 2 is 1.37 bits per heavy atom. The van der Waals surface area contributed by atoms with Gasteiger partial charge in [-0.3, -0.25) is 9.59 Å². The van der Waals surface area contributed by atoms with Gasteiger partial charge in [-0.05, 0) is 62.8 Å². The summed E-state index contributed by atoms with van der Waals surface area (Å²) in [5.41, 5.74) is 1.41. The Labute approximate surface area is 158 Å². The minimum atomic E-state index is -0.193. The summed E-state index contributed by atoms with van der Waals surface area (Å²) in [6.07, 6.45) is 5.56. The molecule has 0 bridgehead atoms. The van der Waals surface area contributed by atoms with E-state index in [1.54, 1.807) is 24.3 Å². The number of amides is 4. The summed E-state index contributed by atoms with van der Waals surface area (Å²) in [6.45, 7) is 1.35. The number of hydrogen-bond donors (Lipinski definition) is 3. The summed E-state index contributed by atoms with van der Waals surface area (Å²) in [4.78, 5) is 38.2. The third-order valence-electron chi connectivity index (χ3n) is 5.43. The number of carbonyl (C=O) groups is 3. The van der Waals surface area contributed by atoms with E-state index in [2.05, 4.69) is 16.0 Å². The van der Waals surface area contributed by atoms with Crippen molar-refractivity contribution in [3.8, 4) is 0 Å². The maximum absolute atomic E-state index is 12.5. The molecule has 0 aromatic heterocycles. The number of rotatable bonds is 5. The van der Waals surface area contributed by atoms with Gasteiger partial charge in [-0.1, -0.05) is 0 Å². The van der Waals surface area contributed by atoms with E-state index in [1.807, 2.05) is 4.90 Å². The molecule has 1 aromatic carbocycles. The van der Waals surface area contributed by atoms with E-state index in [-0.39, 0.29) is 29.7 Å². The number of nitrogens with one attached hydrogen (secondary N) is 3.